The van der Waals surface area contributed by atoms with Gasteiger partial charge in [0.1, 0.15) is 0 Å². The van der Waals surface area contributed by atoms with Crippen molar-refractivity contribution in [2.24, 2.45) is 0 Å². The number of nitrogens with zero attached hydrogens (tertiary/aromatic N) is 1. The summed E-state index contributed by atoms with van der Waals surface area (Å²) in [7, 11) is 0. The van der Waals surface area contributed by atoms with Crippen LogP contribution in [0.3, 0.4) is 0 Å². The summed E-state index contributed by atoms with van der Waals surface area (Å²) in [5.74, 6) is 0.0409. The monoisotopic (exact) mass is 201 g/mol. The highest BCUT2D eigenvalue weighted by Gasteiger charge is 2.16. The third-order valence-electron chi connectivity index (χ3n) is 2.30. The maximum absolute atomic E-state index is 11.1. The Labute approximate surface area is 87.9 Å². The van der Waals surface area contributed by atoms with Gasteiger partial charge in [0.05, 0.1) is 18.9 Å². The molecule has 0 atom stereocenters. The molecule has 0 bridgehead atoms. The third kappa shape index (κ3) is 2.08. The molecule has 1 aromatic carbocycles. The largest absolute Gasteiger partial charge is 0.384 e. The number of fused-ring (bicyclic) bond motifs is 1. The summed E-state index contributed by atoms with van der Waals surface area (Å²) in [6, 6.07) is 7.81. The van der Waals surface area contributed by atoms with E-state index in [1.165, 1.54) is 0 Å². The number of benzene rings is 1. The summed E-state index contributed by atoms with van der Waals surface area (Å²) < 4.78 is 0. The van der Waals surface area contributed by atoms with Gasteiger partial charge in [0.25, 0.3) is 0 Å². The fourth-order valence-corrected chi connectivity index (χ4v) is 1.60. The van der Waals surface area contributed by atoms with Crippen molar-refractivity contribution in [2.45, 2.75) is 12.8 Å². The average Bonchev–Trinajstić information content (AvgIpc) is 2.57. The highest BCUT2D eigenvalue weighted by molar-refractivity contribution is 5.99. The van der Waals surface area contributed by atoms with Gasteiger partial charge < -0.3 is 10.6 Å². The van der Waals surface area contributed by atoms with Gasteiger partial charge in [0.2, 0.25) is 5.91 Å². The van der Waals surface area contributed by atoms with Gasteiger partial charge in [-0.2, -0.15) is 5.26 Å². The number of hydrogen-bond donors (Lipinski definition) is 2. The van der Waals surface area contributed by atoms with Crippen LogP contribution in [0.15, 0.2) is 18.2 Å². The molecule has 76 valence electrons. The molecule has 0 aromatic heterocycles. The molecule has 4 nitrogen and oxygen atoms in total. The minimum Gasteiger partial charge on any atom is -0.384 e. The predicted molar refractivity (Wildman–Crippen MR) is 57.5 cm³/mol. The van der Waals surface area contributed by atoms with Crippen molar-refractivity contribution in [3.05, 3.63) is 23.8 Å². The lowest BCUT2D eigenvalue weighted by molar-refractivity contribution is -0.115. The minimum absolute atomic E-state index is 0.0409. The van der Waals surface area contributed by atoms with Crippen LogP contribution < -0.4 is 10.6 Å². The molecular weight excluding hydrogens is 190 g/mol. The summed E-state index contributed by atoms with van der Waals surface area (Å²) in [5.41, 5.74) is 2.87. The van der Waals surface area contributed by atoms with Crippen molar-refractivity contribution in [3.63, 3.8) is 0 Å². The Morgan fingerprint density at radius 2 is 2.40 bits per heavy atom. The summed E-state index contributed by atoms with van der Waals surface area (Å²) in [6.07, 6.45) is 0.928. The first-order valence-corrected chi connectivity index (χ1v) is 4.83. The Hall–Kier alpha value is -2.02. The molecule has 0 saturated carbocycles. The minimum atomic E-state index is 0.0409. The number of carbonyl (C=O) groups excluding carboxylic acids is 1. The Bertz CT molecular complexity index is 434. The fraction of sp³-hybridized carbons (Fsp3) is 0.273. The van der Waals surface area contributed by atoms with Crippen molar-refractivity contribution >= 4 is 17.3 Å². The second kappa shape index (κ2) is 4.01. The van der Waals surface area contributed by atoms with Gasteiger partial charge in [0.15, 0.2) is 0 Å². The first-order valence-electron chi connectivity index (χ1n) is 4.83. The van der Waals surface area contributed by atoms with Crippen LogP contribution in [0.1, 0.15) is 12.0 Å². The maximum atomic E-state index is 11.1. The van der Waals surface area contributed by atoms with Crippen LogP contribution in [0.4, 0.5) is 11.4 Å². The molecule has 0 aliphatic carbocycles. The summed E-state index contributed by atoms with van der Waals surface area (Å²) in [5, 5.41) is 14.3. The molecular formula is C11H11N3O. The van der Waals surface area contributed by atoms with Gasteiger partial charge in [0, 0.05) is 17.9 Å². The standard InChI is InChI=1S/C11H11N3O/c12-4-1-5-13-9-2-3-10-8(6-9)7-11(15)14-10/h2-3,6,13H,1,5,7H2,(H,14,15). The third-order valence-corrected chi connectivity index (χ3v) is 2.30. The number of nitriles is 1. The zero-order chi connectivity index (χ0) is 10.7. The normalized spacial score (nSPS) is 12.9. The molecule has 4 heteroatoms. The van der Waals surface area contributed by atoms with E-state index in [1.54, 1.807) is 0 Å². The number of amides is 1. The Kier molecular flexibility index (Phi) is 2.55. The zero-order valence-electron chi connectivity index (χ0n) is 8.21. The molecule has 0 saturated heterocycles. The van der Waals surface area contributed by atoms with E-state index in [2.05, 4.69) is 16.7 Å². The molecule has 1 heterocycles. The van der Waals surface area contributed by atoms with E-state index in [1.807, 2.05) is 18.2 Å². The lowest BCUT2D eigenvalue weighted by Crippen LogP contribution is -2.03. The molecule has 1 amide bonds. The highest BCUT2D eigenvalue weighted by Crippen LogP contribution is 2.25. The molecule has 2 N–H and O–H groups in total. The summed E-state index contributed by atoms with van der Waals surface area (Å²) >= 11 is 0. The van der Waals surface area contributed by atoms with Crippen LogP contribution in [-0.2, 0) is 11.2 Å². The van der Waals surface area contributed by atoms with Crippen LogP contribution in [0, 0.1) is 11.3 Å². The van der Waals surface area contributed by atoms with E-state index < -0.39 is 0 Å². The second-order valence-electron chi connectivity index (χ2n) is 3.43. The predicted octanol–water partition coefficient (Wildman–Crippen LogP) is 1.51. The lowest BCUT2D eigenvalue weighted by Gasteiger charge is -2.05. The molecule has 1 aromatic rings. The van der Waals surface area contributed by atoms with Crippen molar-refractivity contribution in [1.82, 2.24) is 0 Å². The molecule has 2 rings (SSSR count). The Morgan fingerprint density at radius 3 is 3.20 bits per heavy atom. The van der Waals surface area contributed by atoms with Crippen LogP contribution in [0.2, 0.25) is 0 Å². The van der Waals surface area contributed by atoms with E-state index in [-0.39, 0.29) is 5.91 Å². The molecule has 15 heavy (non-hydrogen) atoms. The smallest absolute Gasteiger partial charge is 0.228 e. The first kappa shape index (κ1) is 9.53. The van der Waals surface area contributed by atoms with Gasteiger partial charge in [-0.3, -0.25) is 4.79 Å². The number of rotatable bonds is 3. The van der Waals surface area contributed by atoms with E-state index in [0.717, 1.165) is 16.9 Å². The number of hydrogen-bond acceptors (Lipinski definition) is 3. The fourth-order valence-electron chi connectivity index (χ4n) is 1.60. The maximum Gasteiger partial charge on any atom is 0.228 e. The quantitative estimate of drug-likeness (QED) is 0.728. The first-order chi connectivity index (χ1) is 7.29. The molecule has 1 aliphatic heterocycles. The van der Waals surface area contributed by atoms with Crippen molar-refractivity contribution in [1.29, 1.82) is 5.26 Å². The second-order valence-corrected chi connectivity index (χ2v) is 3.43. The molecule has 0 spiro atoms. The van der Waals surface area contributed by atoms with Gasteiger partial charge in [-0.05, 0) is 23.8 Å². The average molecular weight is 201 g/mol. The Morgan fingerprint density at radius 1 is 1.53 bits per heavy atom. The van der Waals surface area contributed by atoms with Crippen molar-refractivity contribution in [3.8, 4) is 6.07 Å². The Balaban J connectivity index is 2.07. The summed E-state index contributed by atoms with van der Waals surface area (Å²) in [4.78, 5) is 11.1. The molecule has 1 aliphatic rings. The SMILES string of the molecule is N#CCCNc1ccc2c(c1)CC(=O)N2. The van der Waals surface area contributed by atoms with Crippen LogP contribution in [0.25, 0.3) is 0 Å². The van der Waals surface area contributed by atoms with E-state index in [4.69, 9.17) is 5.26 Å². The van der Waals surface area contributed by atoms with Gasteiger partial charge in [-0.15, -0.1) is 0 Å². The van der Waals surface area contributed by atoms with Crippen molar-refractivity contribution < 1.29 is 4.79 Å². The van der Waals surface area contributed by atoms with Crippen molar-refractivity contribution in [2.75, 3.05) is 17.2 Å². The molecule has 0 fully saturated rings. The number of anilines is 2. The van der Waals surface area contributed by atoms with Crippen LogP contribution in [0.5, 0.6) is 0 Å². The number of nitrogens with one attached hydrogen (secondary N) is 2. The van der Waals surface area contributed by atoms with Gasteiger partial charge in [-0.25, -0.2) is 0 Å². The lowest BCUT2D eigenvalue weighted by atomic mass is 10.1. The molecule has 0 unspecified atom stereocenters. The molecule has 0 radical (unpaired) electrons. The topological polar surface area (TPSA) is 64.9 Å². The van der Waals surface area contributed by atoms with E-state index in [0.29, 0.717) is 19.4 Å². The van der Waals surface area contributed by atoms with Crippen LogP contribution in [-0.4, -0.2) is 12.5 Å². The van der Waals surface area contributed by atoms with Gasteiger partial charge >= 0.3 is 0 Å². The van der Waals surface area contributed by atoms with E-state index >= 15 is 0 Å². The number of carbonyl (C=O) groups is 1. The summed E-state index contributed by atoms with van der Waals surface area (Å²) in [6.45, 7) is 0.636. The van der Waals surface area contributed by atoms with Crippen LogP contribution >= 0.6 is 0 Å². The van der Waals surface area contributed by atoms with Gasteiger partial charge in [-0.1, -0.05) is 0 Å². The zero-order valence-corrected chi connectivity index (χ0v) is 8.21. The van der Waals surface area contributed by atoms with E-state index in [9.17, 15) is 4.79 Å². The highest BCUT2D eigenvalue weighted by atomic mass is 16.1.